The summed E-state index contributed by atoms with van der Waals surface area (Å²) in [5.41, 5.74) is 2.30. The van der Waals surface area contributed by atoms with Gasteiger partial charge in [-0.2, -0.15) is 0 Å². The highest BCUT2D eigenvalue weighted by Crippen LogP contribution is 2.10. The highest BCUT2D eigenvalue weighted by Gasteiger charge is 2.02. The maximum absolute atomic E-state index is 5.89. The minimum absolute atomic E-state index is 0.684. The van der Waals surface area contributed by atoms with Gasteiger partial charge in [-0.05, 0) is 35.4 Å². The van der Waals surface area contributed by atoms with E-state index < -0.39 is 0 Å². The smallest absolute Gasteiger partial charge is 0.191 e. The Bertz CT molecular complexity index is 652. The molecule has 2 N–H and O–H groups in total. The van der Waals surface area contributed by atoms with Crippen LogP contribution in [0.15, 0.2) is 47.6 Å². The van der Waals surface area contributed by atoms with Crippen molar-refractivity contribution in [1.82, 2.24) is 15.6 Å². The maximum Gasteiger partial charge on any atom is 0.191 e. The molecule has 1 heterocycles. The van der Waals surface area contributed by atoms with E-state index in [0.717, 1.165) is 27.9 Å². The summed E-state index contributed by atoms with van der Waals surface area (Å²) in [4.78, 5) is 10.5. The van der Waals surface area contributed by atoms with Crippen molar-refractivity contribution < 1.29 is 0 Å². The molecule has 0 bridgehead atoms. The second-order valence-corrected chi connectivity index (χ2v) is 5.76. The van der Waals surface area contributed by atoms with Crippen molar-refractivity contribution in [2.24, 2.45) is 4.99 Å². The third kappa shape index (κ3) is 5.45. The molecule has 5 nitrogen and oxygen atoms in total. The zero-order valence-electron chi connectivity index (χ0n) is 13.7. The summed E-state index contributed by atoms with van der Waals surface area (Å²) in [6, 6.07) is 11.8. The molecule has 23 heavy (non-hydrogen) atoms. The molecule has 0 saturated carbocycles. The monoisotopic (exact) mass is 331 g/mol. The predicted molar refractivity (Wildman–Crippen MR) is 97.1 cm³/mol. The number of hydrogen-bond donors (Lipinski definition) is 2. The minimum Gasteiger partial charge on any atom is -0.363 e. The lowest BCUT2D eigenvalue weighted by Gasteiger charge is -2.14. The van der Waals surface area contributed by atoms with Gasteiger partial charge in [-0.3, -0.25) is 4.99 Å². The molecule has 0 saturated heterocycles. The van der Waals surface area contributed by atoms with Crippen molar-refractivity contribution in [3.8, 4) is 0 Å². The van der Waals surface area contributed by atoms with Crippen LogP contribution in [0.5, 0.6) is 0 Å². The molecule has 0 spiro atoms. The molecule has 122 valence electrons. The molecule has 0 amide bonds. The Labute approximate surface area is 142 Å². The number of benzene rings is 1. The van der Waals surface area contributed by atoms with Gasteiger partial charge >= 0.3 is 0 Å². The molecule has 1 aromatic heterocycles. The van der Waals surface area contributed by atoms with E-state index in [1.165, 1.54) is 0 Å². The molecular formula is C17H22ClN5. The fourth-order valence-electron chi connectivity index (χ4n) is 2.01. The summed E-state index contributed by atoms with van der Waals surface area (Å²) in [5, 5.41) is 7.32. The average Bonchev–Trinajstić information content (AvgIpc) is 2.57. The third-order valence-electron chi connectivity index (χ3n) is 3.32. The molecule has 1 aromatic carbocycles. The van der Waals surface area contributed by atoms with E-state index in [-0.39, 0.29) is 0 Å². The molecule has 0 aliphatic heterocycles. The van der Waals surface area contributed by atoms with Gasteiger partial charge in [0.2, 0.25) is 0 Å². The molecule has 2 rings (SSSR count). The first-order chi connectivity index (χ1) is 11.1. The summed E-state index contributed by atoms with van der Waals surface area (Å²) in [5.74, 6) is 1.69. The maximum atomic E-state index is 5.89. The van der Waals surface area contributed by atoms with Crippen LogP contribution in [-0.2, 0) is 13.1 Å². The largest absolute Gasteiger partial charge is 0.363 e. The molecular weight excluding hydrogens is 310 g/mol. The first-order valence-electron chi connectivity index (χ1n) is 7.39. The lowest BCUT2D eigenvalue weighted by atomic mass is 10.2. The molecule has 0 fully saturated rings. The quantitative estimate of drug-likeness (QED) is 0.653. The number of hydrogen-bond acceptors (Lipinski definition) is 3. The average molecular weight is 332 g/mol. The Kier molecular flexibility index (Phi) is 6.23. The first-order valence-corrected chi connectivity index (χ1v) is 7.77. The van der Waals surface area contributed by atoms with E-state index in [0.29, 0.717) is 13.1 Å². The van der Waals surface area contributed by atoms with Crippen LogP contribution in [0.3, 0.4) is 0 Å². The zero-order valence-corrected chi connectivity index (χ0v) is 14.4. The fraction of sp³-hybridized carbons (Fsp3) is 0.294. The van der Waals surface area contributed by atoms with E-state index >= 15 is 0 Å². The standard InChI is InChI=1S/C17H22ClN5/c1-19-17(21-11-13-4-6-15(18)7-5-13)22-12-14-8-9-20-16(10-14)23(2)3/h4-10H,11-12H2,1-3H3,(H2,19,21,22). The van der Waals surface area contributed by atoms with Gasteiger partial charge in [-0.15, -0.1) is 0 Å². The van der Waals surface area contributed by atoms with Crippen LogP contribution in [0.25, 0.3) is 0 Å². The number of rotatable bonds is 5. The van der Waals surface area contributed by atoms with Gasteiger partial charge in [0.15, 0.2) is 5.96 Å². The van der Waals surface area contributed by atoms with Crippen LogP contribution >= 0.6 is 11.6 Å². The molecule has 0 radical (unpaired) electrons. The summed E-state index contributed by atoms with van der Waals surface area (Å²) in [7, 11) is 5.72. The Balaban J connectivity index is 1.87. The van der Waals surface area contributed by atoms with Crippen LogP contribution in [0.2, 0.25) is 5.02 Å². The van der Waals surface area contributed by atoms with Crippen LogP contribution in [0, 0.1) is 0 Å². The Hall–Kier alpha value is -2.27. The SMILES string of the molecule is CN=C(NCc1ccc(Cl)cc1)NCc1ccnc(N(C)C)c1. The summed E-state index contributed by atoms with van der Waals surface area (Å²) >= 11 is 5.89. The normalized spacial score (nSPS) is 11.2. The molecule has 6 heteroatoms. The van der Waals surface area contributed by atoms with E-state index in [1.807, 2.05) is 55.5 Å². The molecule has 0 aliphatic carbocycles. The summed E-state index contributed by atoms with van der Waals surface area (Å²) < 4.78 is 0. The first kappa shape index (κ1) is 17.1. The Morgan fingerprint density at radius 2 is 1.74 bits per heavy atom. The van der Waals surface area contributed by atoms with Gasteiger partial charge in [0, 0.05) is 45.5 Å². The summed E-state index contributed by atoms with van der Waals surface area (Å²) in [6.07, 6.45) is 1.82. The van der Waals surface area contributed by atoms with Crippen LogP contribution in [0.1, 0.15) is 11.1 Å². The number of pyridine rings is 1. The molecule has 0 atom stereocenters. The number of aromatic nitrogens is 1. The minimum atomic E-state index is 0.684. The molecule has 0 aliphatic rings. The summed E-state index contributed by atoms with van der Waals surface area (Å²) in [6.45, 7) is 1.37. The van der Waals surface area contributed by atoms with Crippen molar-refractivity contribution in [2.75, 3.05) is 26.0 Å². The van der Waals surface area contributed by atoms with E-state index in [4.69, 9.17) is 11.6 Å². The number of nitrogens with one attached hydrogen (secondary N) is 2. The van der Waals surface area contributed by atoms with Crippen molar-refractivity contribution in [3.05, 3.63) is 58.7 Å². The van der Waals surface area contributed by atoms with Crippen molar-refractivity contribution in [1.29, 1.82) is 0 Å². The highest BCUT2D eigenvalue weighted by molar-refractivity contribution is 6.30. The Morgan fingerprint density at radius 1 is 1.09 bits per heavy atom. The fourth-order valence-corrected chi connectivity index (χ4v) is 2.14. The zero-order chi connectivity index (χ0) is 16.7. The van der Waals surface area contributed by atoms with Gasteiger partial charge < -0.3 is 15.5 Å². The number of anilines is 1. The second kappa shape index (κ2) is 8.39. The van der Waals surface area contributed by atoms with Gasteiger partial charge in [-0.25, -0.2) is 4.98 Å². The number of aliphatic imine (C=N–C) groups is 1. The van der Waals surface area contributed by atoms with E-state index in [9.17, 15) is 0 Å². The number of halogens is 1. The van der Waals surface area contributed by atoms with Gasteiger partial charge in [-0.1, -0.05) is 23.7 Å². The van der Waals surface area contributed by atoms with Crippen LogP contribution in [0.4, 0.5) is 5.82 Å². The van der Waals surface area contributed by atoms with Gasteiger partial charge in [0.1, 0.15) is 5.82 Å². The topological polar surface area (TPSA) is 52.6 Å². The van der Waals surface area contributed by atoms with Gasteiger partial charge in [0.25, 0.3) is 0 Å². The lowest BCUT2D eigenvalue weighted by Crippen LogP contribution is -2.36. The lowest BCUT2D eigenvalue weighted by molar-refractivity contribution is 0.807. The predicted octanol–water partition coefficient (Wildman–Crippen LogP) is 2.67. The van der Waals surface area contributed by atoms with Crippen molar-refractivity contribution in [2.45, 2.75) is 13.1 Å². The Morgan fingerprint density at radius 3 is 2.35 bits per heavy atom. The van der Waals surface area contributed by atoms with Crippen molar-refractivity contribution >= 4 is 23.4 Å². The molecule has 2 aromatic rings. The molecule has 0 unspecified atom stereocenters. The van der Waals surface area contributed by atoms with Gasteiger partial charge in [0.05, 0.1) is 0 Å². The highest BCUT2D eigenvalue weighted by atomic mass is 35.5. The second-order valence-electron chi connectivity index (χ2n) is 5.32. The third-order valence-corrected chi connectivity index (χ3v) is 3.58. The number of guanidine groups is 1. The number of nitrogens with zero attached hydrogens (tertiary/aromatic N) is 3. The van der Waals surface area contributed by atoms with Crippen LogP contribution < -0.4 is 15.5 Å². The van der Waals surface area contributed by atoms with E-state index in [1.54, 1.807) is 7.05 Å². The van der Waals surface area contributed by atoms with Crippen molar-refractivity contribution in [3.63, 3.8) is 0 Å². The van der Waals surface area contributed by atoms with E-state index in [2.05, 4.69) is 26.7 Å². The van der Waals surface area contributed by atoms with Crippen LogP contribution in [-0.4, -0.2) is 32.1 Å².